The van der Waals surface area contributed by atoms with Gasteiger partial charge in [-0.15, -0.1) is 0 Å². The zero-order valence-electron chi connectivity index (χ0n) is 16.3. The average molecular weight is 410 g/mol. The largest absolute Gasteiger partial charge is 0.496 e. The number of thioether (sulfide) groups is 1. The molecule has 3 heterocycles. The minimum absolute atomic E-state index is 0.188. The zero-order valence-corrected chi connectivity index (χ0v) is 17.1. The van der Waals surface area contributed by atoms with E-state index in [2.05, 4.69) is 15.0 Å². The van der Waals surface area contributed by atoms with E-state index in [1.165, 1.54) is 31.1 Å². The number of nitrogens with zero attached hydrogens (tertiary/aromatic N) is 4. The van der Waals surface area contributed by atoms with E-state index in [1.54, 1.807) is 23.1 Å². The number of methoxy groups -OCH3 is 1. The molecule has 2 aromatic heterocycles. The maximum absolute atomic E-state index is 14.7. The molecule has 0 bridgehead atoms. The molecule has 1 aliphatic rings. The topological polar surface area (TPSA) is 68.2 Å². The number of aryl methyl sites for hydroxylation is 1. The molecule has 0 spiro atoms. The first kappa shape index (κ1) is 19.3. The van der Waals surface area contributed by atoms with Crippen molar-refractivity contribution in [2.75, 3.05) is 18.3 Å². The lowest BCUT2D eigenvalue weighted by molar-refractivity contribution is 0.0995. The van der Waals surface area contributed by atoms with Crippen LogP contribution in [0.15, 0.2) is 41.7 Å². The van der Waals surface area contributed by atoms with E-state index < -0.39 is 5.82 Å². The van der Waals surface area contributed by atoms with Gasteiger partial charge in [-0.2, -0.15) is 0 Å². The molecule has 0 saturated carbocycles. The summed E-state index contributed by atoms with van der Waals surface area (Å²) in [6, 6.07) is 8.09. The van der Waals surface area contributed by atoms with Crippen LogP contribution in [0.2, 0.25) is 0 Å². The molecule has 0 aliphatic carbocycles. The Labute approximate surface area is 172 Å². The predicted octanol–water partition coefficient (Wildman–Crippen LogP) is 4.13. The number of hydrogen-bond acceptors (Lipinski definition) is 6. The van der Waals surface area contributed by atoms with Crippen LogP contribution in [-0.4, -0.2) is 34.2 Å². The van der Waals surface area contributed by atoms with Gasteiger partial charge in [-0.25, -0.2) is 14.4 Å². The third-order valence-electron chi connectivity index (χ3n) is 4.85. The summed E-state index contributed by atoms with van der Waals surface area (Å²) < 4.78 is 20.0. The number of rotatable bonds is 5. The third kappa shape index (κ3) is 3.33. The average Bonchev–Trinajstić information content (AvgIpc) is 3.10. The molecule has 0 fully saturated rings. The second-order valence-electron chi connectivity index (χ2n) is 6.45. The number of hydrogen-bond donors (Lipinski definition) is 0. The van der Waals surface area contributed by atoms with Gasteiger partial charge in [-0.1, -0.05) is 24.8 Å². The van der Waals surface area contributed by atoms with Crippen LogP contribution in [0.3, 0.4) is 0 Å². The molecule has 0 atom stereocenters. The lowest BCUT2D eigenvalue weighted by atomic mass is 10.0. The number of pyridine rings is 1. The van der Waals surface area contributed by atoms with E-state index >= 15 is 0 Å². The minimum atomic E-state index is -0.448. The van der Waals surface area contributed by atoms with Crippen LogP contribution in [0.1, 0.15) is 28.5 Å². The van der Waals surface area contributed by atoms with Crippen LogP contribution in [0, 0.1) is 5.82 Å². The summed E-state index contributed by atoms with van der Waals surface area (Å²) in [7, 11) is 1.48. The molecule has 3 aromatic rings. The molecule has 29 heavy (non-hydrogen) atoms. The molecule has 0 radical (unpaired) electrons. The number of ether oxygens (including phenoxy) is 1. The van der Waals surface area contributed by atoms with E-state index in [4.69, 9.17) is 4.74 Å². The Morgan fingerprint density at radius 3 is 2.83 bits per heavy atom. The first-order chi connectivity index (χ1) is 14.1. The lowest BCUT2D eigenvalue weighted by Crippen LogP contribution is -2.24. The monoisotopic (exact) mass is 410 g/mol. The van der Waals surface area contributed by atoms with Crippen LogP contribution in [0.4, 0.5) is 10.2 Å². The van der Waals surface area contributed by atoms with Crippen molar-refractivity contribution in [1.29, 1.82) is 0 Å². The normalized spacial score (nSPS) is 13.0. The highest BCUT2D eigenvalue weighted by Crippen LogP contribution is 2.38. The third-order valence-corrected chi connectivity index (χ3v) is 5.39. The Morgan fingerprint density at radius 1 is 1.28 bits per heavy atom. The molecule has 4 rings (SSSR count). The Balaban J connectivity index is 1.83. The molecule has 0 saturated heterocycles. The summed E-state index contributed by atoms with van der Waals surface area (Å²) in [5.74, 6) is 0.272. The second kappa shape index (κ2) is 7.79. The van der Waals surface area contributed by atoms with Gasteiger partial charge in [0, 0.05) is 29.1 Å². The summed E-state index contributed by atoms with van der Waals surface area (Å²) in [6.07, 6.45) is 4.15. The number of anilines is 1. The minimum Gasteiger partial charge on any atom is -0.496 e. The highest BCUT2D eigenvalue weighted by atomic mass is 32.2. The summed E-state index contributed by atoms with van der Waals surface area (Å²) in [5.41, 5.74) is 2.66. The fourth-order valence-corrected chi connectivity index (χ4v) is 3.80. The fourth-order valence-electron chi connectivity index (χ4n) is 3.40. The van der Waals surface area contributed by atoms with Crippen molar-refractivity contribution in [3.63, 3.8) is 0 Å². The zero-order chi connectivity index (χ0) is 20.5. The summed E-state index contributed by atoms with van der Waals surface area (Å²) in [6.45, 7) is 2.26. The maximum atomic E-state index is 14.7. The van der Waals surface area contributed by atoms with Crippen molar-refractivity contribution >= 4 is 23.5 Å². The van der Waals surface area contributed by atoms with Crippen LogP contribution in [0.5, 0.6) is 5.75 Å². The molecule has 1 aromatic carbocycles. The van der Waals surface area contributed by atoms with E-state index in [0.717, 1.165) is 12.1 Å². The van der Waals surface area contributed by atoms with Gasteiger partial charge in [0.2, 0.25) is 0 Å². The predicted molar refractivity (Wildman–Crippen MR) is 110 cm³/mol. The van der Waals surface area contributed by atoms with Crippen molar-refractivity contribution in [3.05, 3.63) is 59.2 Å². The van der Waals surface area contributed by atoms with Gasteiger partial charge in [0.1, 0.15) is 17.4 Å². The van der Waals surface area contributed by atoms with Crippen molar-refractivity contribution in [1.82, 2.24) is 15.0 Å². The van der Waals surface area contributed by atoms with Crippen molar-refractivity contribution < 1.29 is 13.9 Å². The van der Waals surface area contributed by atoms with Gasteiger partial charge in [-0.05, 0) is 30.9 Å². The first-order valence-electron chi connectivity index (χ1n) is 9.12. The fraction of sp³-hybridized carbons (Fsp3) is 0.238. The molecular weight excluding hydrogens is 391 g/mol. The van der Waals surface area contributed by atoms with E-state index in [1.807, 2.05) is 19.2 Å². The quantitative estimate of drug-likeness (QED) is 0.465. The Kier molecular flexibility index (Phi) is 5.19. The van der Waals surface area contributed by atoms with Gasteiger partial charge in [-0.3, -0.25) is 14.7 Å². The Bertz CT molecular complexity index is 1080. The van der Waals surface area contributed by atoms with Gasteiger partial charge in [0.05, 0.1) is 24.9 Å². The number of benzene rings is 1. The number of fused-ring (bicyclic) bond motifs is 1. The number of amides is 1. The number of carbonyl (C=O) groups is 1. The Hall–Kier alpha value is -3.00. The van der Waals surface area contributed by atoms with E-state index in [0.29, 0.717) is 33.5 Å². The van der Waals surface area contributed by atoms with Crippen LogP contribution >= 0.6 is 11.8 Å². The molecule has 0 unspecified atom stereocenters. The first-order valence-corrected chi connectivity index (χ1v) is 10.3. The number of halogens is 1. The summed E-state index contributed by atoms with van der Waals surface area (Å²) >= 11 is 1.42. The van der Waals surface area contributed by atoms with Gasteiger partial charge < -0.3 is 4.74 Å². The van der Waals surface area contributed by atoms with Gasteiger partial charge >= 0.3 is 0 Å². The summed E-state index contributed by atoms with van der Waals surface area (Å²) in [4.78, 5) is 28.1. The van der Waals surface area contributed by atoms with Crippen molar-refractivity contribution in [2.24, 2.45) is 0 Å². The number of aromatic nitrogens is 3. The summed E-state index contributed by atoms with van der Waals surface area (Å²) in [5, 5.41) is 0.609. The van der Waals surface area contributed by atoms with Crippen LogP contribution in [0.25, 0.3) is 11.3 Å². The molecule has 8 heteroatoms. The maximum Gasteiger partial charge on any atom is 0.260 e. The highest BCUT2D eigenvalue weighted by molar-refractivity contribution is 7.98. The van der Waals surface area contributed by atoms with E-state index in [-0.39, 0.29) is 18.0 Å². The Morgan fingerprint density at radius 2 is 2.10 bits per heavy atom. The molecule has 148 valence electrons. The van der Waals surface area contributed by atoms with Crippen molar-refractivity contribution in [2.45, 2.75) is 25.0 Å². The van der Waals surface area contributed by atoms with Gasteiger partial charge in [0.15, 0.2) is 5.16 Å². The second-order valence-corrected chi connectivity index (χ2v) is 7.23. The van der Waals surface area contributed by atoms with E-state index in [9.17, 15) is 9.18 Å². The van der Waals surface area contributed by atoms with Crippen LogP contribution < -0.4 is 9.64 Å². The molecule has 1 amide bonds. The molecule has 0 N–H and O–H groups in total. The SMILES string of the molecule is CCc1cc(N2Cc3c(ccnc3-c3c(F)cccc3OC)C2=O)nc(SC)n1. The lowest BCUT2D eigenvalue weighted by Gasteiger charge is -2.16. The molecular formula is C21H19FN4O2S. The highest BCUT2D eigenvalue weighted by Gasteiger charge is 2.33. The standard InChI is InChI=1S/C21H19FN4O2S/c1-4-12-10-17(25-21(24-12)29-3)26-11-14-13(20(26)27)8-9-23-19(14)18-15(22)6-5-7-16(18)28-2/h5-10H,4,11H2,1-3H3. The van der Waals surface area contributed by atoms with Crippen LogP contribution in [-0.2, 0) is 13.0 Å². The molecule has 6 nitrogen and oxygen atoms in total. The number of carbonyl (C=O) groups excluding carboxylic acids is 1. The van der Waals surface area contributed by atoms with Crippen molar-refractivity contribution in [3.8, 4) is 17.0 Å². The molecule has 1 aliphatic heterocycles. The van der Waals surface area contributed by atoms with Gasteiger partial charge in [0.25, 0.3) is 5.91 Å². The smallest absolute Gasteiger partial charge is 0.260 e.